The average Bonchev–Trinajstić information content (AvgIpc) is 2.84. The van der Waals surface area contributed by atoms with Gasteiger partial charge in [0.15, 0.2) is 0 Å². The summed E-state index contributed by atoms with van der Waals surface area (Å²) in [6, 6.07) is 13.7. The van der Waals surface area contributed by atoms with E-state index in [4.69, 9.17) is 21.1 Å². The number of methoxy groups -OCH3 is 1. The van der Waals surface area contributed by atoms with Gasteiger partial charge in [0, 0.05) is 11.6 Å². The molecule has 128 valence electrons. The number of amides is 2. The normalized spacial score (nSPS) is 14.3. The summed E-state index contributed by atoms with van der Waals surface area (Å²) in [5, 5.41) is -0.128. The van der Waals surface area contributed by atoms with Crippen molar-refractivity contribution < 1.29 is 19.1 Å². The van der Waals surface area contributed by atoms with Gasteiger partial charge in [-0.15, -0.1) is 0 Å². The Morgan fingerprint density at radius 3 is 2.52 bits per heavy atom. The van der Waals surface area contributed by atoms with Crippen molar-refractivity contribution in [3.63, 3.8) is 0 Å². The first-order valence-electron chi connectivity index (χ1n) is 7.73. The number of imide groups is 1. The lowest BCUT2D eigenvalue weighted by Gasteiger charge is -2.16. The molecule has 25 heavy (non-hydrogen) atoms. The molecular weight excluding hydrogens is 342 g/mol. The van der Waals surface area contributed by atoms with Crippen LogP contribution in [0.4, 0.5) is 5.69 Å². The minimum absolute atomic E-state index is 0.128. The van der Waals surface area contributed by atoms with E-state index in [9.17, 15) is 9.59 Å². The molecule has 0 fully saturated rings. The summed E-state index contributed by atoms with van der Waals surface area (Å²) in [5.41, 5.74) is 1.02. The van der Waals surface area contributed by atoms with Gasteiger partial charge in [-0.05, 0) is 25.1 Å². The Balaban J connectivity index is 2.04. The van der Waals surface area contributed by atoms with Gasteiger partial charge in [0.1, 0.15) is 16.5 Å². The van der Waals surface area contributed by atoms with Gasteiger partial charge >= 0.3 is 0 Å². The number of ether oxygens (including phenoxy) is 2. The molecule has 0 spiro atoms. The van der Waals surface area contributed by atoms with E-state index >= 15 is 0 Å². The number of carbonyl (C=O) groups is 2. The zero-order chi connectivity index (χ0) is 18.0. The van der Waals surface area contributed by atoms with Crippen molar-refractivity contribution >= 4 is 34.7 Å². The Labute approximate surface area is 150 Å². The molecule has 0 saturated heterocycles. The van der Waals surface area contributed by atoms with E-state index in [2.05, 4.69) is 0 Å². The Hall–Kier alpha value is -2.79. The number of nitrogens with zero attached hydrogens (tertiary/aromatic N) is 1. The fourth-order valence-corrected chi connectivity index (χ4v) is 2.97. The smallest absolute Gasteiger partial charge is 0.277 e. The highest BCUT2D eigenvalue weighted by Gasteiger charge is 2.40. The Kier molecular flexibility index (Phi) is 4.76. The molecule has 3 rings (SSSR count). The highest BCUT2D eigenvalue weighted by molar-refractivity contribution is 6.60. The van der Waals surface area contributed by atoms with E-state index in [1.807, 2.05) is 6.92 Å². The van der Waals surface area contributed by atoms with Gasteiger partial charge in [-0.2, -0.15) is 0 Å². The van der Waals surface area contributed by atoms with Crippen LogP contribution in [0.5, 0.6) is 11.5 Å². The third kappa shape index (κ3) is 2.98. The fourth-order valence-electron chi connectivity index (χ4n) is 2.70. The van der Waals surface area contributed by atoms with Crippen LogP contribution in [0, 0.1) is 0 Å². The SMILES string of the molecule is CCOc1cccc(N2C(=O)C(Cl)=C(c3ccccc3OC)C2=O)c1. The number of benzene rings is 2. The molecule has 0 N–H and O–H groups in total. The van der Waals surface area contributed by atoms with Crippen molar-refractivity contribution in [2.24, 2.45) is 0 Å². The molecule has 0 atom stereocenters. The second kappa shape index (κ2) is 6.99. The van der Waals surface area contributed by atoms with Gasteiger partial charge in [0.05, 0.1) is 25.0 Å². The molecule has 0 aromatic heterocycles. The molecular formula is C19H16ClNO4. The maximum Gasteiger partial charge on any atom is 0.277 e. The van der Waals surface area contributed by atoms with Crippen LogP contribution in [0.3, 0.4) is 0 Å². The van der Waals surface area contributed by atoms with Crippen molar-refractivity contribution in [1.29, 1.82) is 0 Å². The summed E-state index contributed by atoms with van der Waals surface area (Å²) in [6.07, 6.45) is 0. The highest BCUT2D eigenvalue weighted by atomic mass is 35.5. The molecule has 5 nitrogen and oxygen atoms in total. The molecule has 2 aromatic carbocycles. The van der Waals surface area contributed by atoms with Gasteiger partial charge in [0.2, 0.25) is 0 Å². The molecule has 0 unspecified atom stereocenters. The Morgan fingerprint density at radius 1 is 1.04 bits per heavy atom. The van der Waals surface area contributed by atoms with Crippen molar-refractivity contribution in [3.05, 3.63) is 59.1 Å². The average molecular weight is 358 g/mol. The van der Waals surface area contributed by atoms with Crippen molar-refractivity contribution in [2.75, 3.05) is 18.6 Å². The first kappa shape index (κ1) is 17.0. The number of carbonyl (C=O) groups excluding carboxylic acids is 2. The lowest BCUT2D eigenvalue weighted by Crippen LogP contribution is -2.31. The van der Waals surface area contributed by atoms with Crippen LogP contribution in [0.15, 0.2) is 53.6 Å². The minimum atomic E-state index is -0.568. The zero-order valence-corrected chi connectivity index (χ0v) is 14.5. The summed E-state index contributed by atoms with van der Waals surface area (Å²) in [4.78, 5) is 26.6. The Bertz CT molecular complexity index is 875. The van der Waals surface area contributed by atoms with Crippen LogP contribution >= 0.6 is 11.6 Å². The molecule has 2 aromatic rings. The van der Waals surface area contributed by atoms with Crippen molar-refractivity contribution in [3.8, 4) is 11.5 Å². The molecule has 0 saturated carbocycles. The summed E-state index contributed by atoms with van der Waals surface area (Å²) < 4.78 is 10.7. The number of hydrogen-bond donors (Lipinski definition) is 0. The monoisotopic (exact) mass is 357 g/mol. The first-order valence-corrected chi connectivity index (χ1v) is 8.11. The predicted octanol–water partition coefficient (Wildman–Crippen LogP) is 3.62. The number of hydrogen-bond acceptors (Lipinski definition) is 4. The topological polar surface area (TPSA) is 55.8 Å². The maximum atomic E-state index is 12.9. The molecule has 1 aliphatic rings. The minimum Gasteiger partial charge on any atom is -0.496 e. The van der Waals surface area contributed by atoms with Crippen LogP contribution in [-0.2, 0) is 9.59 Å². The molecule has 0 bridgehead atoms. The Morgan fingerprint density at radius 2 is 1.80 bits per heavy atom. The summed E-state index contributed by atoms with van der Waals surface area (Å²) in [7, 11) is 1.50. The van der Waals surface area contributed by atoms with Crippen LogP contribution in [-0.4, -0.2) is 25.5 Å². The maximum absolute atomic E-state index is 12.9. The van der Waals surface area contributed by atoms with E-state index in [0.29, 0.717) is 29.4 Å². The van der Waals surface area contributed by atoms with Gasteiger partial charge < -0.3 is 9.47 Å². The highest BCUT2D eigenvalue weighted by Crippen LogP contribution is 2.38. The standard InChI is InChI=1S/C19H16ClNO4/c1-3-25-13-8-6-7-12(11-13)21-18(22)16(17(20)19(21)23)14-9-4-5-10-15(14)24-2/h4-11H,3H2,1-2H3. The van der Waals surface area contributed by atoms with E-state index in [0.717, 1.165) is 4.90 Å². The summed E-state index contributed by atoms with van der Waals surface area (Å²) in [6.45, 7) is 2.34. The molecule has 0 aliphatic carbocycles. The molecule has 2 amide bonds. The summed E-state index contributed by atoms with van der Waals surface area (Å²) >= 11 is 6.21. The molecule has 0 radical (unpaired) electrons. The van der Waals surface area contributed by atoms with Crippen molar-refractivity contribution in [2.45, 2.75) is 6.92 Å². The largest absolute Gasteiger partial charge is 0.496 e. The van der Waals surface area contributed by atoms with E-state index in [1.165, 1.54) is 7.11 Å². The molecule has 6 heteroatoms. The van der Waals surface area contributed by atoms with Gasteiger partial charge in [-0.1, -0.05) is 35.9 Å². The lowest BCUT2D eigenvalue weighted by molar-refractivity contribution is -0.119. The quantitative estimate of drug-likeness (QED) is 0.767. The van der Waals surface area contributed by atoms with E-state index < -0.39 is 11.8 Å². The predicted molar refractivity (Wildman–Crippen MR) is 95.9 cm³/mol. The third-order valence-electron chi connectivity index (χ3n) is 3.79. The summed E-state index contributed by atoms with van der Waals surface area (Å²) in [5.74, 6) is -0.0152. The number of para-hydroxylation sites is 1. The fraction of sp³-hybridized carbons (Fsp3) is 0.158. The van der Waals surface area contributed by atoms with E-state index in [1.54, 1.807) is 48.5 Å². The van der Waals surface area contributed by atoms with Gasteiger partial charge in [-0.3, -0.25) is 9.59 Å². The zero-order valence-electron chi connectivity index (χ0n) is 13.8. The van der Waals surface area contributed by atoms with Crippen LogP contribution in [0.25, 0.3) is 5.57 Å². The second-order valence-electron chi connectivity index (χ2n) is 5.27. The van der Waals surface area contributed by atoms with Gasteiger partial charge in [0.25, 0.3) is 11.8 Å². The third-order valence-corrected chi connectivity index (χ3v) is 4.14. The van der Waals surface area contributed by atoms with Crippen LogP contribution < -0.4 is 14.4 Å². The van der Waals surface area contributed by atoms with Crippen LogP contribution in [0.1, 0.15) is 12.5 Å². The number of anilines is 1. The second-order valence-corrected chi connectivity index (χ2v) is 5.64. The van der Waals surface area contributed by atoms with Gasteiger partial charge in [-0.25, -0.2) is 4.90 Å². The van der Waals surface area contributed by atoms with E-state index in [-0.39, 0.29) is 10.6 Å². The van der Waals surface area contributed by atoms with Crippen LogP contribution in [0.2, 0.25) is 0 Å². The first-order chi connectivity index (χ1) is 12.1. The molecule has 1 heterocycles. The number of rotatable bonds is 5. The number of halogens is 1. The van der Waals surface area contributed by atoms with Crippen molar-refractivity contribution in [1.82, 2.24) is 0 Å². The lowest BCUT2D eigenvalue weighted by atomic mass is 10.1. The molecule has 1 aliphatic heterocycles.